The first kappa shape index (κ1) is 14.7. The molecule has 1 atom stereocenters. The molecule has 0 spiro atoms. The van der Waals surface area contributed by atoms with Gasteiger partial charge in [0.25, 0.3) is 0 Å². The fourth-order valence-electron chi connectivity index (χ4n) is 1.74. The summed E-state index contributed by atoms with van der Waals surface area (Å²) in [6.07, 6.45) is 4.89. The number of anilines is 1. The van der Waals surface area contributed by atoms with Crippen molar-refractivity contribution in [3.05, 3.63) is 30.6 Å². The third-order valence-corrected chi connectivity index (χ3v) is 2.74. The molecule has 0 saturated heterocycles. The maximum atomic E-state index is 11.7. The zero-order valence-corrected chi connectivity index (χ0v) is 11.9. The number of hydrogen-bond acceptors (Lipinski definition) is 6. The molecule has 0 saturated carbocycles. The number of amides is 2. The van der Waals surface area contributed by atoms with Gasteiger partial charge in [-0.3, -0.25) is 0 Å². The number of aryl methyl sites for hydroxylation is 1. The van der Waals surface area contributed by atoms with E-state index in [-0.39, 0.29) is 12.1 Å². The molecule has 21 heavy (non-hydrogen) atoms. The molecule has 1 unspecified atom stereocenters. The van der Waals surface area contributed by atoms with Gasteiger partial charge < -0.3 is 20.5 Å². The lowest BCUT2D eigenvalue weighted by Crippen LogP contribution is -2.39. The average Bonchev–Trinajstić information content (AvgIpc) is 2.91. The predicted molar refractivity (Wildman–Crippen MR) is 76.5 cm³/mol. The van der Waals surface area contributed by atoms with Gasteiger partial charge in [-0.05, 0) is 13.0 Å². The van der Waals surface area contributed by atoms with Crippen LogP contribution in [0, 0.1) is 0 Å². The molecule has 112 valence electrons. The van der Waals surface area contributed by atoms with E-state index in [1.54, 1.807) is 29.4 Å². The van der Waals surface area contributed by atoms with Crippen LogP contribution in [0.5, 0.6) is 0 Å². The van der Waals surface area contributed by atoms with E-state index in [4.69, 9.17) is 0 Å². The zero-order chi connectivity index (χ0) is 15.1. The maximum absolute atomic E-state index is 11.7. The summed E-state index contributed by atoms with van der Waals surface area (Å²) in [4.78, 5) is 19.8. The lowest BCUT2D eigenvalue weighted by atomic mass is 10.3. The van der Waals surface area contributed by atoms with Gasteiger partial charge >= 0.3 is 6.03 Å². The van der Waals surface area contributed by atoms with Crippen molar-refractivity contribution in [2.24, 2.45) is 7.05 Å². The highest BCUT2D eigenvalue weighted by Gasteiger charge is 2.13. The molecule has 0 aromatic carbocycles. The first-order valence-corrected chi connectivity index (χ1v) is 6.56. The summed E-state index contributed by atoms with van der Waals surface area (Å²) >= 11 is 0. The molecule has 2 heterocycles. The zero-order valence-electron chi connectivity index (χ0n) is 11.9. The fraction of sp³-hybridized carbons (Fsp3) is 0.417. The molecule has 3 N–H and O–H groups in total. The molecule has 0 aliphatic rings. The van der Waals surface area contributed by atoms with Gasteiger partial charge in [0.05, 0.1) is 6.04 Å². The summed E-state index contributed by atoms with van der Waals surface area (Å²) in [5, 5.41) is 16.3. The number of nitrogens with one attached hydrogen (secondary N) is 3. The number of aromatic nitrogens is 5. The van der Waals surface area contributed by atoms with Crippen molar-refractivity contribution in [3.8, 4) is 0 Å². The van der Waals surface area contributed by atoms with Crippen LogP contribution in [0.3, 0.4) is 0 Å². The number of rotatable bonds is 6. The van der Waals surface area contributed by atoms with Crippen molar-refractivity contribution in [1.82, 2.24) is 35.4 Å². The Hall–Kier alpha value is -2.71. The first-order valence-electron chi connectivity index (χ1n) is 6.56. The monoisotopic (exact) mass is 290 g/mol. The third kappa shape index (κ3) is 4.41. The first-order chi connectivity index (χ1) is 10.2. The summed E-state index contributed by atoms with van der Waals surface area (Å²) in [6.45, 7) is 2.84. The lowest BCUT2D eigenvalue weighted by molar-refractivity contribution is 0.237. The number of carbonyl (C=O) groups excluding carboxylic acids is 1. The number of hydrogen-bond donors (Lipinski definition) is 3. The minimum absolute atomic E-state index is 0.220. The molecule has 0 bridgehead atoms. The molecule has 0 fully saturated rings. The van der Waals surface area contributed by atoms with Gasteiger partial charge in [-0.2, -0.15) is 0 Å². The van der Waals surface area contributed by atoms with Crippen LogP contribution >= 0.6 is 0 Å². The molecule has 0 radical (unpaired) electrons. The van der Waals surface area contributed by atoms with Crippen molar-refractivity contribution in [2.45, 2.75) is 13.0 Å². The van der Waals surface area contributed by atoms with Crippen LogP contribution in [0.25, 0.3) is 0 Å². The van der Waals surface area contributed by atoms with E-state index in [0.29, 0.717) is 24.9 Å². The van der Waals surface area contributed by atoms with Crippen molar-refractivity contribution >= 4 is 12.0 Å². The second-order valence-electron chi connectivity index (χ2n) is 4.42. The van der Waals surface area contributed by atoms with Crippen molar-refractivity contribution in [1.29, 1.82) is 0 Å². The predicted octanol–water partition coefficient (Wildman–Crippen LogP) is 0.0774. The standard InChI is InChI=1S/C12H18N8O/c1-9(10-19-17-8-20(10)2)18-12(21)16-7-6-15-11-13-4-3-5-14-11/h3-5,8-9H,6-7H2,1-2H3,(H,13,14,15)(H2,16,18,21). The van der Waals surface area contributed by atoms with E-state index in [1.165, 1.54) is 0 Å². The molecular formula is C12H18N8O. The molecular weight excluding hydrogens is 272 g/mol. The van der Waals surface area contributed by atoms with Crippen LogP contribution in [-0.2, 0) is 7.05 Å². The van der Waals surface area contributed by atoms with Crippen LogP contribution in [0.4, 0.5) is 10.7 Å². The summed E-state index contributed by atoms with van der Waals surface area (Å²) < 4.78 is 1.76. The van der Waals surface area contributed by atoms with Crippen LogP contribution in [0.15, 0.2) is 24.8 Å². The Morgan fingerprint density at radius 3 is 2.76 bits per heavy atom. The summed E-state index contributed by atoms with van der Waals surface area (Å²) in [5.74, 6) is 1.23. The van der Waals surface area contributed by atoms with E-state index in [9.17, 15) is 4.79 Å². The van der Waals surface area contributed by atoms with Crippen molar-refractivity contribution < 1.29 is 4.79 Å². The van der Waals surface area contributed by atoms with Crippen molar-refractivity contribution in [3.63, 3.8) is 0 Å². The van der Waals surface area contributed by atoms with E-state index < -0.39 is 0 Å². The fourth-order valence-corrected chi connectivity index (χ4v) is 1.74. The minimum atomic E-state index is -0.263. The summed E-state index contributed by atoms with van der Waals surface area (Å²) in [6, 6.07) is 1.26. The highest BCUT2D eigenvalue weighted by atomic mass is 16.2. The van der Waals surface area contributed by atoms with Gasteiger partial charge in [-0.15, -0.1) is 10.2 Å². The number of nitrogens with zero attached hydrogens (tertiary/aromatic N) is 5. The molecule has 2 amide bonds. The van der Waals surface area contributed by atoms with Gasteiger partial charge in [0.1, 0.15) is 6.33 Å². The Morgan fingerprint density at radius 2 is 2.10 bits per heavy atom. The lowest BCUT2D eigenvalue weighted by Gasteiger charge is -2.13. The van der Waals surface area contributed by atoms with E-state index in [1.807, 2.05) is 14.0 Å². The van der Waals surface area contributed by atoms with Crippen LogP contribution < -0.4 is 16.0 Å². The topological polar surface area (TPSA) is 110 Å². The quantitative estimate of drug-likeness (QED) is 0.650. The van der Waals surface area contributed by atoms with E-state index in [0.717, 1.165) is 0 Å². The highest BCUT2D eigenvalue weighted by Crippen LogP contribution is 2.06. The Balaban J connectivity index is 1.67. The third-order valence-electron chi connectivity index (χ3n) is 2.74. The van der Waals surface area contributed by atoms with Crippen LogP contribution in [0.1, 0.15) is 18.8 Å². The second kappa shape index (κ2) is 7.17. The molecule has 2 aromatic heterocycles. The van der Waals surface area contributed by atoms with Gasteiger partial charge in [-0.1, -0.05) is 0 Å². The Kier molecular flexibility index (Phi) is 5.02. The van der Waals surface area contributed by atoms with Crippen LogP contribution in [-0.4, -0.2) is 43.9 Å². The van der Waals surface area contributed by atoms with Gasteiger partial charge in [0.15, 0.2) is 5.82 Å². The largest absolute Gasteiger partial charge is 0.352 e. The Morgan fingerprint density at radius 1 is 1.33 bits per heavy atom. The highest BCUT2D eigenvalue weighted by molar-refractivity contribution is 5.74. The second-order valence-corrected chi connectivity index (χ2v) is 4.42. The Bertz CT molecular complexity index is 570. The minimum Gasteiger partial charge on any atom is -0.352 e. The van der Waals surface area contributed by atoms with Gasteiger partial charge in [0, 0.05) is 32.5 Å². The summed E-state index contributed by atoms with van der Waals surface area (Å²) in [5.41, 5.74) is 0. The normalized spacial score (nSPS) is 11.7. The van der Waals surface area contributed by atoms with Crippen molar-refractivity contribution in [2.75, 3.05) is 18.4 Å². The molecule has 2 aromatic rings. The summed E-state index contributed by atoms with van der Waals surface area (Å²) in [7, 11) is 1.83. The molecule has 0 aliphatic heterocycles. The van der Waals surface area contributed by atoms with Crippen LogP contribution in [0.2, 0.25) is 0 Å². The van der Waals surface area contributed by atoms with E-state index >= 15 is 0 Å². The van der Waals surface area contributed by atoms with E-state index in [2.05, 4.69) is 36.1 Å². The molecule has 2 rings (SSSR count). The smallest absolute Gasteiger partial charge is 0.315 e. The molecule has 9 nitrogen and oxygen atoms in total. The number of urea groups is 1. The Labute approximate surface area is 122 Å². The number of carbonyl (C=O) groups is 1. The maximum Gasteiger partial charge on any atom is 0.315 e. The van der Waals surface area contributed by atoms with Gasteiger partial charge in [0.2, 0.25) is 5.95 Å². The SMILES string of the molecule is CC(NC(=O)NCCNc1ncccn1)c1nncn1C. The molecule has 0 aliphatic carbocycles. The average molecular weight is 290 g/mol. The molecule has 9 heteroatoms. The van der Waals surface area contributed by atoms with Gasteiger partial charge in [-0.25, -0.2) is 14.8 Å².